The topological polar surface area (TPSA) is 18.5 Å². The zero-order chi connectivity index (χ0) is 37.4. The lowest BCUT2D eigenvalue weighted by atomic mass is 9.96. The van der Waals surface area contributed by atoms with Crippen molar-refractivity contribution >= 4 is 10.8 Å². The summed E-state index contributed by atoms with van der Waals surface area (Å²) in [5, 5.41) is 2.27. The van der Waals surface area contributed by atoms with E-state index >= 15 is 0 Å². The standard InChI is InChI=1S/C49H72O2/c1-11-50-48-44(10)45(49(51-12-2)47-37-18-17-36-46(47)48)35-16-14-13-15-25-39(5)27-20-29-41(7)31-22-33-43(9)34-23-32-42(8)30-21-28-40(6)26-19-24-38(3)4/h14,16-18,24-25,28-29,32-33,36-37H,11-13,15,19-23,26-27,30-31,34-35H2,1-10H3/b16-14+,39-25+,40-28+,41-29+,42-32+,43-33+. The fourth-order valence-electron chi connectivity index (χ4n) is 6.47. The third kappa shape index (κ3) is 17.5. The molecule has 0 heterocycles. The molecule has 2 nitrogen and oxygen atoms in total. The van der Waals surface area contributed by atoms with Crippen LogP contribution in [0.15, 0.2) is 106 Å². The van der Waals surface area contributed by atoms with Gasteiger partial charge in [0.05, 0.1) is 13.2 Å². The first kappa shape index (κ1) is 43.6. The minimum absolute atomic E-state index is 0.651. The van der Waals surface area contributed by atoms with Gasteiger partial charge in [-0.2, -0.15) is 0 Å². The Kier molecular flexibility index (Phi) is 21.8. The minimum Gasteiger partial charge on any atom is -0.493 e. The zero-order valence-corrected chi connectivity index (χ0v) is 34.4. The highest BCUT2D eigenvalue weighted by molar-refractivity contribution is 5.96. The summed E-state index contributed by atoms with van der Waals surface area (Å²) in [6.45, 7) is 23.4. The highest BCUT2D eigenvalue weighted by atomic mass is 16.5. The number of fused-ring (bicyclic) bond motifs is 1. The average Bonchev–Trinajstić information content (AvgIpc) is 3.09. The molecule has 0 aliphatic carbocycles. The Bertz CT molecular complexity index is 1550. The number of hydrogen-bond donors (Lipinski definition) is 0. The average molecular weight is 693 g/mol. The van der Waals surface area contributed by atoms with Crippen LogP contribution < -0.4 is 9.47 Å². The van der Waals surface area contributed by atoms with Gasteiger partial charge in [-0.1, -0.05) is 106 Å². The van der Waals surface area contributed by atoms with Gasteiger partial charge in [0.1, 0.15) is 11.5 Å². The van der Waals surface area contributed by atoms with E-state index in [9.17, 15) is 0 Å². The molecular weight excluding hydrogens is 621 g/mol. The van der Waals surface area contributed by atoms with E-state index in [-0.39, 0.29) is 0 Å². The van der Waals surface area contributed by atoms with E-state index in [0.29, 0.717) is 13.2 Å². The third-order valence-electron chi connectivity index (χ3n) is 9.59. The molecule has 0 atom stereocenters. The van der Waals surface area contributed by atoms with E-state index in [2.05, 4.69) is 142 Å². The molecule has 2 heteroatoms. The number of ether oxygens (including phenoxy) is 2. The van der Waals surface area contributed by atoms with Crippen molar-refractivity contribution in [2.75, 3.05) is 13.2 Å². The second-order valence-electron chi connectivity index (χ2n) is 14.7. The molecule has 0 aliphatic heterocycles. The largest absolute Gasteiger partial charge is 0.493 e. The van der Waals surface area contributed by atoms with Crippen LogP contribution in [0.25, 0.3) is 10.8 Å². The van der Waals surface area contributed by atoms with Crippen molar-refractivity contribution in [2.45, 2.75) is 153 Å². The molecule has 2 aromatic rings. The van der Waals surface area contributed by atoms with Gasteiger partial charge in [0.2, 0.25) is 0 Å². The van der Waals surface area contributed by atoms with Crippen LogP contribution in [0.4, 0.5) is 0 Å². The van der Waals surface area contributed by atoms with Crippen LogP contribution in [-0.2, 0) is 6.42 Å². The summed E-state index contributed by atoms with van der Waals surface area (Å²) >= 11 is 0. The van der Waals surface area contributed by atoms with Gasteiger partial charge in [-0.25, -0.2) is 0 Å². The van der Waals surface area contributed by atoms with Crippen LogP contribution in [0.2, 0.25) is 0 Å². The van der Waals surface area contributed by atoms with Crippen molar-refractivity contribution in [3.63, 3.8) is 0 Å². The number of benzene rings is 2. The Morgan fingerprint density at radius 2 is 0.882 bits per heavy atom. The maximum atomic E-state index is 6.20. The number of hydrogen-bond acceptors (Lipinski definition) is 2. The van der Waals surface area contributed by atoms with Gasteiger partial charge in [-0.05, 0) is 158 Å². The lowest BCUT2D eigenvalue weighted by molar-refractivity contribution is 0.332. The molecule has 0 saturated heterocycles. The van der Waals surface area contributed by atoms with Gasteiger partial charge >= 0.3 is 0 Å². The minimum atomic E-state index is 0.651. The fraction of sp³-hybridized carbons (Fsp3) is 0.510. The van der Waals surface area contributed by atoms with Crippen molar-refractivity contribution in [2.24, 2.45) is 0 Å². The van der Waals surface area contributed by atoms with Crippen LogP contribution in [-0.4, -0.2) is 13.2 Å². The second kappa shape index (κ2) is 25.4. The lowest BCUT2D eigenvalue weighted by Gasteiger charge is -2.19. The maximum Gasteiger partial charge on any atom is 0.131 e. The molecule has 2 aromatic carbocycles. The van der Waals surface area contributed by atoms with Crippen LogP contribution in [0.1, 0.15) is 150 Å². The molecular formula is C49H72O2. The van der Waals surface area contributed by atoms with Gasteiger partial charge in [0.15, 0.2) is 0 Å². The zero-order valence-electron chi connectivity index (χ0n) is 34.4. The molecule has 0 N–H and O–H groups in total. The van der Waals surface area contributed by atoms with Crippen molar-refractivity contribution in [3.05, 3.63) is 117 Å². The van der Waals surface area contributed by atoms with Crippen LogP contribution >= 0.6 is 0 Å². The molecule has 0 saturated carbocycles. The van der Waals surface area contributed by atoms with E-state index in [0.717, 1.165) is 80.1 Å². The summed E-state index contributed by atoms with van der Waals surface area (Å²) in [5.41, 5.74) is 11.4. The Morgan fingerprint density at radius 3 is 1.31 bits per heavy atom. The quantitative estimate of drug-likeness (QED) is 0.0805. The highest BCUT2D eigenvalue weighted by Crippen LogP contribution is 2.41. The maximum absolute atomic E-state index is 6.20. The molecule has 0 unspecified atom stereocenters. The van der Waals surface area contributed by atoms with Crippen LogP contribution in [0, 0.1) is 6.92 Å². The molecule has 0 fully saturated rings. The van der Waals surface area contributed by atoms with Gasteiger partial charge in [-0.15, -0.1) is 0 Å². The molecule has 2 rings (SSSR count). The normalized spacial score (nSPS) is 13.4. The lowest BCUT2D eigenvalue weighted by Crippen LogP contribution is -2.04. The summed E-state index contributed by atoms with van der Waals surface area (Å²) in [6, 6.07) is 8.44. The second-order valence-corrected chi connectivity index (χ2v) is 14.7. The Morgan fingerprint density at radius 1 is 0.490 bits per heavy atom. The van der Waals surface area contributed by atoms with Crippen LogP contribution in [0.5, 0.6) is 11.5 Å². The molecule has 0 amide bonds. The first-order valence-electron chi connectivity index (χ1n) is 19.9. The van der Waals surface area contributed by atoms with Crippen molar-refractivity contribution in [1.29, 1.82) is 0 Å². The molecule has 0 aliphatic rings. The molecule has 0 bridgehead atoms. The van der Waals surface area contributed by atoms with E-state index in [1.165, 1.54) is 70.2 Å². The molecule has 0 aromatic heterocycles. The van der Waals surface area contributed by atoms with Gasteiger partial charge in [-0.3, -0.25) is 0 Å². The van der Waals surface area contributed by atoms with Crippen molar-refractivity contribution in [3.8, 4) is 11.5 Å². The van der Waals surface area contributed by atoms with Gasteiger partial charge < -0.3 is 9.47 Å². The summed E-state index contributed by atoms with van der Waals surface area (Å²) in [5.74, 6) is 1.98. The number of rotatable bonds is 24. The summed E-state index contributed by atoms with van der Waals surface area (Å²) in [7, 11) is 0. The number of allylic oxidation sites excluding steroid dienone is 14. The molecule has 0 radical (unpaired) electrons. The highest BCUT2D eigenvalue weighted by Gasteiger charge is 2.17. The predicted molar refractivity (Wildman–Crippen MR) is 227 cm³/mol. The van der Waals surface area contributed by atoms with E-state index in [1.54, 1.807) is 0 Å². The SMILES string of the molecule is CCOc1c(C)c(C/C=C/CC/C=C(\C)CC/C=C(\C)CC/C=C(\C)CC/C=C(\C)CC/C=C(\C)CCC=C(C)C)c(OCC)c2ccccc12. The van der Waals surface area contributed by atoms with E-state index < -0.39 is 0 Å². The van der Waals surface area contributed by atoms with Gasteiger partial charge in [0.25, 0.3) is 0 Å². The molecule has 0 spiro atoms. The molecule has 280 valence electrons. The molecule has 51 heavy (non-hydrogen) atoms. The Balaban J connectivity index is 1.71. The first-order valence-corrected chi connectivity index (χ1v) is 19.9. The predicted octanol–water partition coefficient (Wildman–Crippen LogP) is 15.4. The van der Waals surface area contributed by atoms with Crippen LogP contribution in [0.3, 0.4) is 0 Å². The van der Waals surface area contributed by atoms with Crippen molar-refractivity contribution < 1.29 is 9.47 Å². The van der Waals surface area contributed by atoms with E-state index in [1.807, 2.05) is 0 Å². The summed E-state index contributed by atoms with van der Waals surface area (Å²) in [4.78, 5) is 0. The Labute approximate surface area is 314 Å². The number of unbranched alkanes of at least 4 members (excludes halogenated alkanes) is 1. The Hall–Kier alpha value is -3.52. The smallest absolute Gasteiger partial charge is 0.131 e. The fourth-order valence-corrected chi connectivity index (χ4v) is 6.47. The van der Waals surface area contributed by atoms with E-state index in [4.69, 9.17) is 9.47 Å². The van der Waals surface area contributed by atoms with Crippen molar-refractivity contribution in [1.82, 2.24) is 0 Å². The third-order valence-corrected chi connectivity index (χ3v) is 9.59. The monoisotopic (exact) mass is 693 g/mol. The summed E-state index contributed by atoms with van der Waals surface area (Å²) < 4.78 is 12.3. The summed E-state index contributed by atoms with van der Waals surface area (Å²) in [6.07, 6.45) is 33.7. The van der Waals surface area contributed by atoms with Gasteiger partial charge in [0, 0.05) is 16.3 Å². The first-order chi connectivity index (χ1) is 24.6.